The smallest absolute Gasteiger partial charge is 0.160 e. The van der Waals surface area contributed by atoms with Gasteiger partial charge in [0.2, 0.25) is 0 Å². The molecule has 0 aromatic heterocycles. The Labute approximate surface area is 77.6 Å². The van der Waals surface area contributed by atoms with Gasteiger partial charge in [0, 0.05) is 0 Å². The van der Waals surface area contributed by atoms with Crippen LogP contribution < -0.4 is 4.74 Å². The van der Waals surface area contributed by atoms with Crippen LogP contribution in [0.3, 0.4) is 0 Å². The van der Waals surface area contributed by atoms with Crippen molar-refractivity contribution in [1.29, 1.82) is 0 Å². The summed E-state index contributed by atoms with van der Waals surface area (Å²) >= 11 is 0. The molecule has 0 aliphatic heterocycles. The Morgan fingerprint density at radius 1 is 1.46 bits per heavy atom. The number of benzene rings is 1. The molecule has 2 N–H and O–H groups in total. The minimum Gasteiger partial charge on any atom is -0.504 e. The lowest BCUT2D eigenvalue weighted by Crippen LogP contribution is -2.03. The minimum absolute atomic E-state index is 0.112. The van der Waals surface area contributed by atoms with Crippen molar-refractivity contribution in [1.82, 2.24) is 0 Å². The van der Waals surface area contributed by atoms with E-state index in [1.54, 1.807) is 19.1 Å². The van der Waals surface area contributed by atoms with Gasteiger partial charge in [0.15, 0.2) is 11.5 Å². The quantitative estimate of drug-likeness (QED) is 0.741. The fourth-order valence-electron chi connectivity index (χ4n) is 1.20. The summed E-state index contributed by atoms with van der Waals surface area (Å²) in [5.74, 6) is 0.565. The standard InChI is InChI=1S/C10H14O3/c1-7(11)5-8-3-4-10(13-2)9(12)6-8/h3-4,6-7,11-12H,5H2,1-2H3/t7-/m1/s1. The van der Waals surface area contributed by atoms with E-state index in [1.807, 2.05) is 6.07 Å². The molecule has 72 valence electrons. The first-order valence-electron chi connectivity index (χ1n) is 4.17. The molecule has 0 unspecified atom stereocenters. The topological polar surface area (TPSA) is 49.7 Å². The number of aliphatic hydroxyl groups is 1. The lowest BCUT2D eigenvalue weighted by Gasteiger charge is -2.07. The van der Waals surface area contributed by atoms with Gasteiger partial charge in [-0.15, -0.1) is 0 Å². The van der Waals surface area contributed by atoms with Crippen LogP contribution in [0.5, 0.6) is 11.5 Å². The first-order chi connectivity index (χ1) is 6.13. The predicted octanol–water partition coefficient (Wildman–Crippen LogP) is 1.32. The van der Waals surface area contributed by atoms with Gasteiger partial charge >= 0.3 is 0 Å². The zero-order valence-electron chi connectivity index (χ0n) is 7.82. The molecule has 1 aromatic carbocycles. The molecule has 1 rings (SSSR count). The van der Waals surface area contributed by atoms with Gasteiger partial charge in [-0.1, -0.05) is 6.07 Å². The summed E-state index contributed by atoms with van der Waals surface area (Å²) in [6.07, 6.45) is 0.144. The van der Waals surface area contributed by atoms with E-state index >= 15 is 0 Å². The lowest BCUT2D eigenvalue weighted by molar-refractivity contribution is 0.195. The molecule has 13 heavy (non-hydrogen) atoms. The largest absolute Gasteiger partial charge is 0.504 e. The highest BCUT2D eigenvalue weighted by Crippen LogP contribution is 2.26. The molecule has 3 nitrogen and oxygen atoms in total. The molecule has 0 heterocycles. The third-order valence-electron chi connectivity index (χ3n) is 1.77. The first-order valence-corrected chi connectivity index (χ1v) is 4.17. The van der Waals surface area contributed by atoms with Crippen LogP contribution in [-0.4, -0.2) is 23.4 Å². The number of rotatable bonds is 3. The van der Waals surface area contributed by atoms with Crippen LogP contribution in [0.4, 0.5) is 0 Å². The summed E-state index contributed by atoms with van der Waals surface area (Å²) in [4.78, 5) is 0. The number of ether oxygens (including phenoxy) is 1. The van der Waals surface area contributed by atoms with E-state index in [0.29, 0.717) is 12.2 Å². The average Bonchev–Trinajstić information content (AvgIpc) is 2.03. The molecule has 0 bridgehead atoms. The van der Waals surface area contributed by atoms with Gasteiger partial charge < -0.3 is 14.9 Å². The molecule has 0 fully saturated rings. The van der Waals surface area contributed by atoms with Crippen molar-refractivity contribution < 1.29 is 14.9 Å². The average molecular weight is 182 g/mol. The predicted molar refractivity (Wildman–Crippen MR) is 50.0 cm³/mol. The second-order valence-corrected chi connectivity index (χ2v) is 3.06. The molecule has 3 heteroatoms. The molecule has 0 radical (unpaired) electrons. The van der Waals surface area contributed by atoms with E-state index in [-0.39, 0.29) is 5.75 Å². The zero-order valence-corrected chi connectivity index (χ0v) is 7.82. The summed E-state index contributed by atoms with van der Waals surface area (Å²) in [5.41, 5.74) is 0.897. The lowest BCUT2D eigenvalue weighted by atomic mass is 10.1. The van der Waals surface area contributed by atoms with E-state index in [2.05, 4.69) is 0 Å². The molecule has 0 saturated heterocycles. The highest BCUT2D eigenvalue weighted by Gasteiger charge is 2.04. The highest BCUT2D eigenvalue weighted by molar-refractivity contribution is 5.41. The van der Waals surface area contributed by atoms with E-state index in [9.17, 15) is 5.11 Å². The van der Waals surface area contributed by atoms with Gasteiger partial charge in [0.05, 0.1) is 13.2 Å². The molecule has 0 spiro atoms. The van der Waals surface area contributed by atoms with Crippen molar-refractivity contribution in [2.75, 3.05) is 7.11 Å². The van der Waals surface area contributed by atoms with Crippen molar-refractivity contribution in [2.45, 2.75) is 19.4 Å². The molecule has 0 amide bonds. The summed E-state index contributed by atoms with van der Waals surface area (Å²) in [7, 11) is 1.50. The van der Waals surface area contributed by atoms with Gasteiger partial charge in [0.25, 0.3) is 0 Å². The number of hydrogen-bond donors (Lipinski definition) is 2. The second-order valence-electron chi connectivity index (χ2n) is 3.06. The Morgan fingerprint density at radius 2 is 2.15 bits per heavy atom. The Balaban J connectivity index is 2.83. The number of aliphatic hydroxyl groups excluding tert-OH is 1. The van der Waals surface area contributed by atoms with Gasteiger partial charge in [-0.05, 0) is 31.0 Å². The second kappa shape index (κ2) is 4.14. The number of phenolic OH excluding ortho intramolecular Hbond substituents is 1. The molecular weight excluding hydrogens is 168 g/mol. The van der Waals surface area contributed by atoms with Crippen LogP contribution >= 0.6 is 0 Å². The normalized spacial score (nSPS) is 12.5. The fourth-order valence-corrected chi connectivity index (χ4v) is 1.20. The van der Waals surface area contributed by atoms with Gasteiger partial charge in [-0.25, -0.2) is 0 Å². The molecule has 0 aliphatic rings. The van der Waals surface area contributed by atoms with E-state index in [0.717, 1.165) is 5.56 Å². The fraction of sp³-hybridized carbons (Fsp3) is 0.400. The molecule has 0 aliphatic carbocycles. The third kappa shape index (κ3) is 2.63. The molecule has 0 saturated carbocycles. The van der Waals surface area contributed by atoms with Crippen LogP contribution in [0, 0.1) is 0 Å². The first kappa shape index (κ1) is 9.86. The molecule has 1 atom stereocenters. The van der Waals surface area contributed by atoms with Crippen LogP contribution in [0.15, 0.2) is 18.2 Å². The minimum atomic E-state index is -0.396. The summed E-state index contributed by atoms with van der Waals surface area (Å²) in [6, 6.07) is 5.11. The van der Waals surface area contributed by atoms with Crippen LogP contribution in [0.2, 0.25) is 0 Å². The summed E-state index contributed by atoms with van der Waals surface area (Å²) in [6.45, 7) is 1.71. The number of methoxy groups -OCH3 is 1. The summed E-state index contributed by atoms with van der Waals surface area (Å²) < 4.78 is 4.89. The highest BCUT2D eigenvalue weighted by atomic mass is 16.5. The van der Waals surface area contributed by atoms with Crippen LogP contribution in [0.25, 0.3) is 0 Å². The van der Waals surface area contributed by atoms with Crippen molar-refractivity contribution >= 4 is 0 Å². The van der Waals surface area contributed by atoms with Crippen molar-refractivity contribution in [3.63, 3.8) is 0 Å². The maximum Gasteiger partial charge on any atom is 0.160 e. The Hall–Kier alpha value is -1.22. The molecule has 1 aromatic rings. The monoisotopic (exact) mass is 182 g/mol. The molecular formula is C10H14O3. The summed E-state index contributed by atoms with van der Waals surface area (Å²) in [5, 5.41) is 18.5. The van der Waals surface area contributed by atoms with Crippen molar-refractivity contribution in [3.05, 3.63) is 23.8 Å². The van der Waals surface area contributed by atoms with Crippen molar-refractivity contribution in [3.8, 4) is 11.5 Å². The third-order valence-corrected chi connectivity index (χ3v) is 1.77. The van der Waals surface area contributed by atoms with Gasteiger partial charge in [-0.2, -0.15) is 0 Å². The zero-order chi connectivity index (χ0) is 9.84. The maximum absolute atomic E-state index is 9.40. The van der Waals surface area contributed by atoms with E-state index < -0.39 is 6.10 Å². The maximum atomic E-state index is 9.40. The Bertz CT molecular complexity index is 281. The Morgan fingerprint density at radius 3 is 2.62 bits per heavy atom. The Kier molecular flexibility index (Phi) is 3.14. The van der Waals surface area contributed by atoms with E-state index in [1.165, 1.54) is 7.11 Å². The van der Waals surface area contributed by atoms with Crippen LogP contribution in [-0.2, 0) is 6.42 Å². The van der Waals surface area contributed by atoms with Crippen LogP contribution in [0.1, 0.15) is 12.5 Å². The van der Waals surface area contributed by atoms with Gasteiger partial charge in [0.1, 0.15) is 0 Å². The number of phenols is 1. The van der Waals surface area contributed by atoms with E-state index in [4.69, 9.17) is 9.84 Å². The van der Waals surface area contributed by atoms with Gasteiger partial charge in [-0.3, -0.25) is 0 Å². The SMILES string of the molecule is COc1ccc(C[C@@H](C)O)cc1O. The number of aromatic hydroxyl groups is 1. The van der Waals surface area contributed by atoms with Crippen molar-refractivity contribution in [2.24, 2.45) is 0 Å². The number of hydrogen-bond acceptors (Lipinski definition) is 3.